The summed E-state index contributed by atoms with van der Waals surface area (Å²) in [6.45, 7) is 1.68. The first-order valence-corrected chi connectivity index (χ1v) is 11.7. The zero-order valence-electron chi connectivity index (χ0n) is 17.0. The molecule has 4 rings (SSSR count). The van der Waals surface area contributed by atoms with Gasteiger partial charge in [0, 0.05) is 55.9 Å². The lowest BCUT2D eigenvalue weighted by molar-refractivity contribution is -0.117. The third-order valence-corrected chi connectivity index (χ3v) is 7.17. The summed E-state index contributed by atoms with van der Waals surface area (Å²) in [5.74, 6) is -0.340. The van der Waals surface area contributed by atoms with Crippen LogP contribution in [0.2, 0.25) is 0 Å². The van der Waals surface area contributed by atoms with Gasteiger partial charge < -0.3 is 10.6 Å². The van der Waals surface area contributed by atoms with E-state index in [1.807, 2.05) is 4.90 Å². The van der Waals surface area contributed by atoms with Crippen LogP contribution in [0.3, 0.4) is 0 Å². The molecule has 1 aromatic heterocycles. The van der Waals surface area contributed by atoms with E-state index >= 15 is 0 Å². The Hall–Kier alpha value is -2.82. The number of carbonyl (C=O) groups is 2. The molecule has 2 N–H and O–H groups in total. The SMILES string of the molecule is O=C(CN1CCN(S(=O)(=O)c2cccnc2)CC1)Nc1cccc(C(=O)NC2CC2)c1. The molecule has 164 valence electrons. The molecule has 9 nitrogen and oxygen atoms in total. The average molecular weight is 444 g/mol. The van der Waals surface area contributed by atoms with Crippen LogP contribution in [0, 0.1) is 0 Å². The number of anilines is 1. The Morgan fingerprint density at radius 1 is 1.06 bits per heavy atom. The van der Waals surface area contributed by atoms with E-state index in [0.29, 0.717) is 37.4 Å². The second kappa shape index (κ2) is 9.13. The lowest BCUT2D eigenvalue weighted by Gasteiger charge is -2.33. The largest absolute Gasteiger partial charge is 0.349 e. The van der Waals surface area contributed by atoms with Crippen molar-refractivity contribution in [2.45, 2.75) is 23.8 Å². The van der Waals surface area contributed by atoms with Gasteiger partial charge in [0.1, 0.15) is 4.90 Å². The van der Waals surface area contributed by atoms with Gasteiger partial charge in [0.2, 0.25) is 15.9 Å². The maximum Gasteiger partial charge on any atom is 0.251 e. The van der Waals surface area contributed by atoms with E-state index in [2.05, 4.69) is 15.6 Å². The van der Waals surface area contributed by atoms with Gasteiger partial charge in [0.15, 0.2) is 0 Å². The first-order valence-electron chi connectivity index (χ1n) is 10.2. The van der Waals surface area contributed by atoms with E-state index in [0.717, 1.165) is 12.8 Å². The van der Waals surface area contributed by atoms with Crippen molar-refractivity contribution in [3.8, 4) is 0 Å². The van der Waals surface area contributed by atoms with E-state index in [1.165, 1.54) is 22.8 Å². The Morgan fingerprint density at radius 2 is 1.84 bits per heavy atom. The molecule has 0 spiro atoms. The van der Waals surface area contributed by atoms with Gasteiger partial charge in [0.25, 0.3) is 5.91 Å². The summed E-state index contributed by atoms with van der Waals surface area (Å²) in [4.78, 5) is 30.6. The molecule has 1 saturated heterocycles. The van der Waals surface area contributed by atoms with Crippen LogP contribution in [-0.2, 0) is 14.8 Å². The number of benzene rings is 1. The predicted molar refractivity (Wildman–Crippen MR) is 115 cm³/mol. The number of rotatable bonds is 7. The molecule has 1 aromatic carbocycles. The second-order valence-electron chi connectivity index (χ2n) is 7.75. The summed E-state index contributed by atoms with van der Waals surface area (Å²) in [5.41, 5.74) is 1.07. The number of nitrogens with one attached hydrogen (secondary N) is 2. The normalized spacial score (nSPS) is 17.8. The molecule has 1 aliphatic carbocycles. The highest BCUT2D eigenvalue weighted by Crippen LogP contribution is 2.20. The minimum Gasteiger partial charge on any atom is -0.349 e. The number of nitrogens with zero attached hydrogens (tertiary/aromatic N) is 3. The number of sulfonamides is 1. The summed E-state index contributed by atoms with van der Waals surface area (Å²) in [6.07, 6.45) is 4.90. The van der Waals surface area contributed by atoms with Gasteiger partial charge in [-0.2, -0.15) is 4.31 Å². The van der Waals surface area contributed by atoms with E-state index in [-0.39, 0.29) is 29.3 Å². The minimum absolute atomic E-state index is 0.135. The molecular formula is C21H25N5O4S. The third-order valence-electron chi connectivity index (χ3n) is 5.29. The third kappa shape index (κ3) is 5.46. The van der Waals surface area contributed by atoms with Crippen molar-refractivity contribution in [3.63, 3.8) is 0 Å². The molecule has 0 bridgehead atoms. The van der Waals surface area contributed by atoms with E-state index in [1.54, 1.807) is 30.3 Å². The Bertz CT molecular complexity index is 1050. The van der Waals surface area contributed by atoms with Crippen LogP contribution < -0.4 is 10.6 Å². The van der Waals surface area contributed by atoms with Crippen molar-refractivity contribution in [3.05, 3.63) is 54.4 Å². The molecule has 2 heterocycles. The molecule has 10 heteroatoms. The molecular weight excluding hydrogens is 418 g/mol. The Balaban J connectivity index is 1.28. The molecule has 1 saturated carbocycles. The molecule has 1 aliphatic heterocycles. The zero-order chi connectivity index (χ0) is 21.8. The fourth-order valence-electron chi connectivity index (χ4n) is 3.41. The minimum atomic E-state index is -3.57. The first kappa shape index (κ1) is 21.4. The highest BCUT2D eigenvalue weighted by molar-refractivity contribution is 7.89. The Labute approximate surface area is 181 Å². The molecule has 0 atom stereocenters. The highest BCUT2D eigenvalue weighted by Gasteiger charge is 2.29. The number of hydrogen-bond donors (Lipinski definition) is 2. The topological polar surface area (TPSA) is 112 Å². The number of pyridine rings is 1. The Kier molecular flexibility index (Phi) is 6.30. The quantitative estimate of drug-likeness (QED) is 0.658. The molecule has 31 heavy (non-hydrogen) atoms. The van der Waals surface area contributed by atoms with Crippen molar-refractivity contribution >= 4 is 27.5 Å². The summed E-state index contributed by atoms with van der Waals surface area (Å²) >= 11 is 0. The van der Waals surface area contributed by atoms with E-state index in [4.69, 9.17) is 0 Å². The van der Waals surface area contributed by atoms with Crippen LogP contribution in [0.5, 0.6) is 0 Å². The van der Waals surface area contributed by atoms with Crippen LogP contribution in [-0.4, -0.2) is 73.2 Å². The average Bonchev–Trinajstić information content (AvgIpc) is 3.59. The van der Waals surface area contributed by atoms with Gasteiger partial charge >= 0.3 is 0 Å². The fourth-order valence-corrected chi connectivity index (χ4v) is 4.80. The first-order chi connectivity index (χ1) is 14.9. The van der Waals surface area contributed by atoms with E-state index in [9.17, 15) is 18.0 Å². The lowest BCUT2D eigenvalue weighted by atomic mass is 10.2. The maximum atomic E-state index is 12.7. The monoisotopic (exact) mass is 443 g/mol. The van der Waals surface area contributed by atoms with Gasteiger partial charge in [0.05, 0.1) is 6.54 Å². The van der Waals surface area contributed by atoms with Crippen molar-refractivity contribution in [2.75, 3.05) is 38.0 Å². The standard InChI is InChI=1S/C21H25N5O4S/c27-20(23-18-4-1-3-16(13-18)21(28)24-17-6-7-17)15-25-9-11-26(12-10-25)31(29,30)19-5-2-8-22-14-19/h1-5,8,13-14,17H,6-7,9-12,15H2,(H,23,27)(H,24,28). The number of amides is 2. The molecule has 2 fully saturated rings. The molecule has 2 aliphatic rings. The van der Waals surface area contributed by atoms with Gasteiger partial charge in [-0.3, -0.25) is 19.5 Å². The molecule has 2 amide bonds. The summed E-state index contributed by atoms with van der Waals surface area (Å²) in [7, 11) is -3.57. The van der Waals surface area contributed by atoms with Gasteiger partial charge in [-0.1, -0.05) is 6.07 Å². The number of piperazine rings is 1. The van der Waals surface area contributed by atoms with Crippen LogP contribution in [0.4, 0.5) is 5.69 Å². The predicted octanol–water partition coefficient (Wildman–Crippen LogP) is 0.919. The van der Waals surface area contributed by atoms with Gasteiger partial charge in [-0.25, -0.2) is 8.42 Å². The number of carbonyl (C=O) groups excluding carboxylic acids is 2. The van der Waals surface area contributed by atoms with Gasteiger partial charge in [-0.15, -0.1) is 0 Å². The second-order valence-corrected chi connectivity index (χ2v) is 9.68. The highest BCUT2D eigenvalue weighted by atomic mass is 32.2. The van der Waals surface area contributed by atoms with Gasteiger partial charge in [-0.05, 0) is 43.2 Å². The Morgan fingerprint density at radius 3 is 2.52 bits per heavy atom. The zero-order valence-corrected chi connectivity index (χ0v) is 17.8. The summed E-state index contributed by atoms with van der Waals surface area (Å²) in [6, 6.07) is 10.2. The maximum absolute atomic E-state index is 12.7. The number of aromatic nitrogens is 1. The van der Waals surface area contributed by atoms with Crippen LogP contribution in [0.15, 0.2) is 53.7 Å². The van der Waals surface area contributed by atoms with E-state index < -0.39 is 10.0 Å². The van der Waals surface area contributed by atoms with Crippen LogP contribution in [0.25, 0.3) is 0 Å². The smallest absolute Gasteiger partial charge is 0.251 e. The van der Waals surface area contributed by atoms with Crippen molar-refractivity contribution in [1.82, 2.24) is 19.5 Å². The van der Waals surface area contributed by atoms with Crippen molar-refractivity contribution in [2.24, 2.45) is 0 Å². The van der Waals surface area contributed by atoms with Crippen molar-refractivity contribution < 1.29 is 18.0 Å². The van der Waals surface area contributed by atoms with Crippen molar-refractivity contribution in [1.29, 1.82) is 0 Å². The van der Waals surface area contributed by atoms with Crippen LogP contribution >= 0.6 is 0 Å². The fraction of sp³-hybridized carbons (Fsp3) is 0.381. The molecule has 2 aromatic rings. The summed E-state index contributed by atoms with van der Waals surface area (Å²) in [5, 5.41) is 5.75. The lowest BCUT2D eigenvalue weighted by Crippen LogP contribution is -2.50. The van der Waals surface area contributed by atoms with Crippen LogP contribution in [0.1, 0.15) is 23.2 Å². The number of hydrogen-bond acceptors (Lipinski definition) is 6. The molecule has 0 radical (unpaired) electrons. The summed E-state index contributed by atoms with van der Waals surface area (Å²) < 4.78 is 26.8. The molecule has 0 unspecified atom stereocenters.